The molecule has 2 rings (SSSR count). The zero-order chi connectivity index (χ0) is 14.7. The van der Waals surface area contributed by atoms with Gasteiger partial charge in [-0.05, 0) is 38.0 Å². The second kappa shape index (κ2) is 6.57. The van der Waals surface area contributed by atoms with Crippen molar-refractivity contribution < 1.29 is 14.7 Å². The number of likely N-dealkylation sites (tertiary alicyclic amines) is 1. The van der Waals surface area contributed by atoms with Crippen LogP contribution in [-0.4, -0.2) is 47.1 Å². The molecule has 20 heavy (non-hydrogen) atoms. The molecule has 2 aliphatic rings. The maximum atomic E-state index is 12.1. The molecule has 1 aliphatic heterocycles. The number of carbonyl (C=O) groups is 2. The van der Waals surface area contributed by atoms with Crippen molar-refractivity contribution in [2.45, 2.75) is 58.0 Å². The highest BCUT2D eigenvalue weighted by atomic mass is 16.4. The fraction of sp³-hybridized carbons (Fsp3) is 0.867. The molecule has 1 aliphatic carbocycles. The van der Waals surface area contributed by atoms with Crippen LogP contribution >= 0.6 is 0 Å². The smallest absolute Gasteiger partial charge is 0.321 e. The van der Waals surface area contributed by atoms with Crippen molar-refractivity contribution in [3.8, 4) is 0 Å². The van der Waals surface area contributed by atoms with E-state index in [0.717, 1.165) is 38.6 Å². The average molecular weight is 282 g/mol. The van der Waals surface area contributed by atoms with Gasteiger partial charge in [-0.3, -0.25) is 14.5 Å². The minimum atomic E-state index is -0.771. The topological polar surface area (TPSA) is 69.6 Å². The molecule has 0 aromatic heterocycles. The molecule has 5 heteroatoms. The Morgan fingerprint density at radius 2 is 2.15 bits per heavy atom. The van der Waals surface area contributed by atoms with Gasteiger partial charge in [-0.15, -0.1) is 0 Å². The van der Waals surface area contributed by atoms with E-state index in [9.17, 15) is 14.7 Å². The van der Waals surface area contributed by atoms with E-state index in [1.54, 1.807) is 0 Å². The second-order valence-electron chi connectivity index (χ2n) is 6.16. The summed E-state index contributed by atoms with van der Waals surface area (Å²) in [5, 5.41) is 12.4. The number of hydrogen-bond acceptors (Lipinski definition) is 3. The number of carbonyl (C=O) groups excluding carboxylic acids is 1. The molecule has 1 heterocycles. The molecule has 0 radical (unpaired) electrons. The van der Waals surface area contributed by atoms with Crippen LogP contribution in [0, 0.1) is 11.8 Å². The lowest BCUT2D eigenvalue weighted by Gasteiger charge is -2.29. The van der Waals surface area contributed by atoms with E-state index in [1.165, 1.54) is 0 Å². The predicted molar refractivity (Wildman–Crippen MR) is 76.3 cm³/mol. The van der Waals surface area contributed by atoms with Crippen LogP contribution in [0.25, 0.3) is 0 Å². The third-order valence-corrected chi connectivity index (χ3v) is 4.89. The van der Waals surface area contributed by atoms with Crippen LogP contribution in [-0.2, 0) is 9.59 Å². The molecule has 0 aromatic rings. The van der Waals surface area contributed by atoms with E-state index in [2.05, 4.69) is 12.2 Å². The molecule has 2 fully saturated rings. The number of nitrogens with zero attached hydrogens (tertiary/aromatic N) is 1. The Morgan fingerprint density at radius 3 is 2.80 bits per heavy atom. The van der Waals surface area contributed by atoms with E-state index in [1.807, 2.05) is 11.8 Å². The van der Waals surface area contributed by atoms with Crippen molar-refractivity contribution in [1.82, 2.24) is 10.2 Å². The number of carboxylic acid groups (broad SMARTS) is 1. The molecule has 1 amide bonds. The van der Waals surface area contributed by atoms with Crippen LogP contribution in [0.3, 0.4) is 0 Å². The zero-order valence-corrected chi connectivity index (χ0v) is 12.5. The maximum Gasteiger partial charge on any atom is 0.321 e. The van der Waals surface area contributed by atoms with Gasteiger partial charge < -0.3 is 10.4 Å². The Balaban J connectivity index is 1.99. The summed E-state index contributed by atoms with van der Waals surface area (Å²) in [4.78, 5) is 25.6. The number of nitrogens with one attached hydrogen (secondary N) is 1. The Morgan fingerprint density at radius 1 is 1.40 bits per heavy atom. The Bertz CT molecular complexity index is 372. The van der Waals surface area contributed by atoms with Gasteiger partial charge in [0.2, 0.25) is 5.91 Å². The second-order valence-corrected chi connectivity index (χ2v) is 6.16. The molecule has 5 nitrogen and oxygen atoms in total. The number of unbranched alkanes of at least 4 members (excludes halogenated alkanes) is 1. The minimum Gasteiger partial charge on any atom is -0.480 e. The Hall–Kier alpha value is -1.10. The molecule has 4 atom stereocenters. The monoisotopic (exact) mass is 282 g/mol. The Labute approximate surface area is 120 Å². The van der Waals surface area contributed by atoms with Crippen molar-refractivity contribution in [3.63, 3.8) is 0 Å². The summed E-state index contributed by atoms with van der Waals surface area (Å²) >= 11 is 0. The van der Waals surface area contributed by atoms with E-state index in [0.29, 0.717) is 12.5 Å². The highest BCUT2D eigenvalue weighted by Crippen LogP contribution is 2.42. The van der Waals surface area contributed by atoms with Gasteiger partial charge in [0.1, 0.15) is 6.04 Å². The first-order valence-corrected chi connectivity index (χ1v) is 7.82. The van der Waals surface area contributed by atoms with Gasteiger partial charge in [0, 0.05) is 13.1 Å². The van der Waals surface area contributed by atoms with E-state index in [-0.39, 0.29) is 17.9 Å². The highest BCUT2D eigenvalue weighted by Gasteiger charge is 2.49. The molecular weight excluding hydrogens is 256 g/mol. The summed E-state index contributed by atoms with van der Waals surface area (Å²) < 4.78 is 0. The summed E-state index contributed by atoms with van der Waals surface area (Å²) in [7, 11) is 0. The SMILES string of the molecule is CCCCNC(=O)C(C)N1CC2CCCC2C1C(=O)O. The number of amides is 1. The van der Waals surface area contributed by atoms with Gasteiger partial charge in [0.25, 0.3) is 0 Å². The summed E-state index contributed by atoms with van der Waals surface area (Å²) in [5.41, 5.74) is 0. The van der Waals surface area contributed by atoms with Gasteiger partial charge in [0.15, 0.2) is 0 Å². The molecule has 0 bridgehead atoms. The number of carboxylic acids is 1. The van der Waals surface area contributed by atoms with Crippen LogP contribution in [0.15, 0.2) is 0 Å². The van der Waals surface area contributed by atoms with Crippen molar-refractivity contribution in [2.24, 2.45) is 11.8 Å². The number of hydrogen-bond donors (Lipinski definition) is 2. The molecule has 1 saturated heterocycles. The predicted octanol–water partition coefficient (Wildman–Crippen LogP) is 1.48. The maximum absolute atomic E-state index is 12.1. The van der Waals surface area contributed by atoms with Crippen LogP contribution in [0.2, 0.25) is 0 Å². The largest absolute Gasteiger partial charge is 0.480 e. The fourth-order valence-electron chi connectivity index (χ4n) is 3.75. The first-order chi connectivity index (χ1) is 9.56. The number of aliphatic carboxylic acids is 1. The first kappa shape index (κ1) is 15.3. The average Bonchev–Trinajstić information content (AvgIpc) is 2.97. The molecular formula is C15H26N2O3. The van der Waals surface area contributed by atoms with Gasteiger partial charge in [-0.2, -0.15) is 0 Å². The lowest BCUT2D eigenvalue weighted by molar-refractivity contribution is -0.145. The van der Waals surface area contributed by atoms with Crippen molar-refractivity contribution in [3.05, 3.63) is 0 Å². The summed E-state index contributed by atoms with van der Waals surface area (Å²) in [6.07, 6.45) is 5.23. The normalized spacial score (nSPS) is 31.0. The summed E-state index contributed by atoms with van der Waals surface area (Å²) in [5.74, 6) is -0.113. The first-order valence-electron chi connectivity index (χ1n) is 7.82. The zero-order valence-electron chi connectivity index (χ0n) is 12.5. The molecule has 2 N–H and O–H groups in total. The molecule has 0 spiro atoms. The Kier molecular flexibility index (Phi) is 5.02. The number of rotatable bonds is 6. The minimum absolute atomic E-state index is 0.0373. The molecule has 1 saturated carbocycles. The fourth-order valence-corrected chi connectivity index (χ4v) is 3.75. The molecule has 0 aromatic carbocycles. The van der Waals surface area contributed by atoms with Gasteiger partial charge >= 0.3 is 5.97 Å². The third-order valence-electron chi connectivity index (χ3n) is 4.89. The standard InChI is InChI=1S/C15H26N2O3/c1-3-4-8-16-14(18)10(2)17-9-11-6-5-7-12(11)13(17)15(19)20/h10-13H,3-9H2,1-2H3,(H,16,18)(H,19,20). The highest BCUT2D eigenvalue weighted by molar-refractivity contribution is 5.83. The van der Waals surface area contributed by atoms with Crippen molar-refractivity contribution in [1.29, 1.82) is 0 Å². The third kappa shape index (κ3) is 2.97. The van der Waals surface area contributed by atoms with E-state index in [4.69, 9.17) is 0 Å². The quantitative estimate of drug-likeness (QED) is 0.724. The van der Waals surface area contributed by atoms with Crippen LogP contribution in [0.5, 0.6) is 0 Å². The molecule has 114 valence electrons. The van der Waals surface area contributed by atoms with Gasteiger partial charge in [0.05, 0.1) is 6.04 Å². The van der Waals surface area contributed by atoms with Crippen LogP contribution < -0.4 is 5.32 Å². The lowest BCUT2D eigenvalue weighted by Crippen LogP contribution is -2.51. The van der Waals surface area contributed by atoms with Crippen molar-refractivity contribution in [2.75, 3.05) is 13.1 Å². The van der Waals surface area contributed by atoms with Gasteiger partial charge in [-0.1, -0.05) is 19.8 Å². The van der Waals surface area contributed by atoms with E-state index < -0.39 is 12.0 Å². The summed E-state index contributed by atoms with van der Waals surface area (Å²) in [6, 6.07) is -0.826. The van der Waals surface area contributed by atoms with Crippen molar-refractivity contribution >= 4 is 11.9 Å². The lowest BCUT2D eigenvalue weighted by atomic mass is 9.94. The number of fused-ring (bicyclic) bond motifs is 1. The van der Waals surface area contributed by atoms with Crippen LogP contribution in [0.1, 0.15) is 46.0 Å². The van der Waals surface area contributed by atoms with Gasteiger partial charge in [-0.25, -0.2) is 0 Å². The van der Waals surface area contributed by atoms with E-state index >= 15 is 0 Å². The molecule has 4 unspecified atom stereocenters. The van der Waals surface area contributed by atoms with Crippen LogP contribution in [0.4, 0.5) is 0 Å². The summed E-state index contributed by atoms with van der Waals surface area (Å²) in [6.45, 7) is 5.35.